The number of nitrogens with zero attached hydrogens (tertiary/aromatic N) is 5. The molecule has 2 aliphatic rings. The molecule has 0 unspecified atom stereocenters. The van der Waals surface area contributed by atoms with Crippen LogP contribution >= 0.6 is 0 Å². The van der Waals surface area contributed by atoms with Crippen LogP contribution in [0.15, 0.2) is 53.3 Å². The second kappa shape index (κ2) is 6.55. The van der Waals surface area contributed by atoms with E-state index in [0.29, 0.717) is 5.56 Å². The molecule has 118 valence electrons. The Morgan fingerprint density at radius 1 is 1.09 bits per heavy atom. The molecule has 0 radical (unpaired) electrons. The van der Waals surface area contributed by atoms with Crippen molar-refractivity contribution in [3.05, 3.63) is 53.8 Å². The summed E-state index contributed by atoms with van der Waals surface area (Å²) >= 11 is 0. The quantitative estimate of drug-likeness (QED) is 0.799. The summed E-state index contributed by atoms with van der Waals surface area (Å²) in [4.78, 5) is 4.56. The zero-order valence-electron chi connectivity index (χ0n) is 13.2. The molecule has 0 bridgehead atoms. The maximum Gasteiger partial charge on any atom is 0.150 e. The molecule has 2 aliphatic heterocycles. The van der Waals surface area contributed by atoms with Gasteiger partial charge in [0.2, 0.25) is 0 Å². The maximum absolute atomic E-state index is 8.87. The van der Waals surface area contributed by atoms with Crippen LogP contribution in [0, 0.1) is 11.3 Å². The van der Waals surface area contributed by atoms with E-state index in [0.717, 1.165) is 43.4 Å². The largest absolute Gasteiger partial charge is 0.368 e. The summed E-state index contributed by atoms with van der Waals surface area (Å²) in [5.74, 6) is 6.80. The van der Waals surface area contributed by atoms with Gasteiger partial charge in [-0.2, -0.15) is 10.4 Å². The number of hydrogen-bond donors (Lipinski definition) is 1. The summed E-state index contributed by atoms with van der Waals surface area (Å²) in [6.45, 7) is 5.56. The minimum absolute atomic E-state index is 0.692. The van der Waals surface area contributed by atoms with Gasteiger partial charge in [0.25, 0.3) is 0 Å². The van der Waals surface area contributed by atoms with Crippen molar-refractivity contribution in [2.75, 3.05) is 31.1 Å². The van der Waals surface area contributed by atoms with Crippen molar-refractivity contribution < 1.29 is 0 Å². The van der Waals surface area contributed by atoms with E-state index in [1.54, 1.807) is 0 Å². The average Bonchev–Trinajstić information content (AvgIpc) is 2.62. The highest BCUT2D eigenvalue weighted by atomic mass is 15.6. The maximum atomic E-state index is 8.87. The second-order valence-electron chi connectivity index (χ2n) is 5.48. The molecule has 2 N–H and O–H groups in total. The number of benzene rings is 1. The van der Waals surface area contributed by atoms with E-state index in [9.17, 15) is 0 Å². The molecule has 0 spiro atoms. The summed E-state index contributed by atoms with van der Waals surface area (Å²) in [6.07, 6.45) is 5.92. The van der Waals surface area contributed by atoms with Gasteiger partial charge in [-0.3, -0.25) is 0 Å². The smallest absolute Gasteiger partial charge is 0.150 e. The van der Waals surface area contributed by atoms with Crippen molar-refractivity contribution in [2.45, 2.75) is 6.92 Å². The third-order valence-electron chi connectivity index (χ3n) is 4.14. The molecule has 0 saturated carbocycles. The molecule has 0 atom stereocenters. The zero-order chi connectivity index (χ0) is 16.2. The second-order valence-corrected chi connectivity index (χ2v) is 5.48. The van der Waals surface area contributed by atoms with Gasteiger partial charge in [0.05, 0.1) is 17.3 Å². The van der Waals surface area contributed by atoms with Crippen LogP contribution in [0.3, 0.4) is 0 Å². The number of allylic oxidation sites excluding steroid dienone is 2. The van der Waals surface area contributed by atoms with E-state index in [-0.39, 0.29) is 0 Å². The van der Waals surface area contributed by atoms with E-state index >= 15 is 0 Å². The average molecular weight is 308 g/mol. The minimum atomic E-state index is 0.692. The SMILES string of the molecule is C/C=C1\C=CC(N2CCN(c3ccc(C#N)cc3)CC2)=NN1N. The molecule has 0 amide bonds. The number of piperazine rings is 1. The van der Waals surface area contributed by atoms with E-state index < -0.39 is 0 Å². The molecule has 2 heterocycles. The first-order valence-electron chi connectivity index (χ1n) is 7.69. The fourth-order valence-electron chi connectivity index (χ4n) is 2.78. The Balaban J connectivity index is 1.62. The lowest BCUT2D eigenvalue weighted by molar-refractivity contribution is 0.346. The van der Waals surface area contributed by atoms with Gasteiger partial charge in [0, 0.05) is 31.9 Å². The number of nitriles is 1. The van der Waals surface area contributed by atoms with Gasteiger partial charge in [-0.05, 0) is 43.3 Å². The number of nitrogens with two attached hydrogens (primary N) is 1. The summed E-state index contributed by atoms with van der Waals surface area (Å²) < 4.78 is 0. The monoisotopic (exact) mass is 308 g/mol. The van der Waals surface area contributed by atoms with Gasteiger partial charge in [-0.15, -0.1) is 5.10 Å². The molecule has 3 rings (SSSR count). The highest BCUT2D eigenvalue weighted by Gasteiger charge is 2.21. The third kappa shape index (κ3) is 3.20. The lowest BCUT2D eigenvalue weighted by atomic mass is 10.2. The lowest BCUT2D eigenvalue weighted by Gasteiger charge is -2.38. The van der Waals surface area contributed by atoms with E-state index in [4.69, 9.17) is 11.1 Å². The van der Waals surface area contributed by atoms with Gasteiger partial charge in [-0.25, -0.2) is 5.84 Å². The van der Waals surface area contributed by atoms with Crippen LogP contribution in [0.25, 0.3) is 0 Å². The Hall–Kier alpha value is -2.78. The predicted molar refractivity (Wildman–Crippen MR) is 91.3 cm³/mol. The fourth-order valence-corrected chi connectivity index (χ4v) is 2.78. The van der Waals surface area contributed by atoms with Crippen LogP contribution in [0.5, 0.6) is 0 Å². The van der Waals surface area contributed by atoms with E-state index in [1.807, 2.05) is 49.4 Å². The Bertz CT molecular complexity index is 687. The predicted octanol–water partition coefficient (Wildman–Crippen LogP) is 1.64. The minimum Gasteiger partial charge on any atom is -0.368 e. The number of rotatable bonds is 1. The number of anilines is 1. The van der Waals surface area contributed by atoms with Crippen LogP contribution < -0.4 is 10.7 Å². The zero-order valence-corrected chi connectivity index (χ0v) is 13.2. The topological polar surface area (TPSA) is 71.9 Å². The molecule has 0 aliphatic carbocycles. The first-order chi connectivity index (χ1) is 11.2. The number of hydrazine groups is 1. The first kappa shape index (κ1) is 15.1. The Labute approximate surface area is 136 Å². The summed E-state index contributed by atoms with van der Waals surface area (Å²) in [5.41, 5.74) is 2.74. The van der Waals surface area contributed by atoms with Crippen molar-refractivity contribution in [1.82, 2.24) is 10.0 Å². The highest BCUT2D eigenvalue weighted by Crippen LogP contribution is 2.18. The Morgan fingerprint density at radius 3 is 2.30 bits per heavy atom. The highest BCUT2D eigenvalue weighted by molar-refractivity contribution is 5.94. The summed E-state index contributed by atoms with van der Waals surface area (Å²) in [5, 5.41) is 14.7. The normalized spacial score (nSPS) is 19.8. The molecule has 6 nitrogen and oxygen atoms in total. The molecule has 1 saturated heterocycles. The molecule has 23 heavy (non-hydrogen) atoms. The fraction of sp³-hybridized carbons (Fsp3) is 0.294. The molecular weight excluding hydrogens is 288 g/mol. The van der Waals surface area contributed by atoms with Crippen molar-refractivity contribution in [3.63, 3.8) is 0 Å². The van der Waals surface area contributed by atoms with Crippen LogP contribution in [0.1, 0.15) is 12.5 Å². The van der Waals surface area contributed by atoms with Gasteiger partial charge < -0.3 is 9.80 Å². The van der Waals surface area contributed by atoms with Crippen molar-refractivity contribution in [2.24, 2.45) is 10.9 Å². The van der Waals surface area contributed by atoms with Gasteiger partial charge in [0.1, 0.15) is 0 Å². The Kier molecular flexibility index (Phi) is 4.31. The molecular formula is C17H20N6. The summed E-state index contributed by atoms with van der Waals surface area (Å²) in [6, 6.07) is 9.88. The summed E-state index contributed by atoms with van der Waals surface area (Å²) in [7, 11) is 0. The first-order valence-corrected chi connectivity index (χ1v) is 7.69. The number of amidine groups is 1. The van der Waals surface area contributed by atoms with Gasteiger partial charge in [-0.1, -0.05) is 6.08 Å². The molecule has 1 aromatic rings. The Morgan fingerprint density at radius 2 is 1.74 bits per heavy atom. The van der Waals surface area contributed by atoms with Crippen molar-refractivity contribution in [1.29, 1.82) is 5.26 Å². The number of hydrazone groups is 1. The van der Waals surface area contributed by atoms with Gasteiger partial charge >= 0.3 is 0 Å². The standard InChI is InChI=1S/C17H20N6/c1-2-15-7-8-17(20-23(15)19)22-11-9-21(10-12-22)16-5-3-14(13-18)4-6-16/h2-8H,9-12,19H2,1H3/b15-2+. The van der Waals surface area contributed by atoms with Crippen LogP contribution in [-0.4, -0.2) is 42.0 Å². The third-order valence-corrected chi connectivity index (χ3v) is 4.14. The van der Waals surface area contributed by atoms with E-state index in [1.165, 1.54) is 5.12 Å². The lowest BCUT2D eigenvalue weighted by Crippen LogP contribution is -2.49. The van der Waals surface area contributed by atoms with Gasteiger partial charge in [0.15, 0.2) is 5.84 Å². The van der Waals surface area contributed by atoms with Crippen molar-refractivity contribution in [3.8, 4) is 6.07 Å². The molecule has 1 fully saturated rings. The van der Waals surface area contributed by atoms with Crippen molar-refractivity contribution >= 4 is 11.5 Å². The molecule has 0 aromatic heterocycles. The van der Waals surface area contributed by atoms with Crippen LogP contribution in [-0.2, 0) is 0 Å². The number of hydrogen-bond acceptors (Lipinski definition) is 6. The van der Waals surface area contributed by atoms with Crippen LogP contribution in [0.2, 0.25) is 0 Å². The molecule has 6 heteroatoms. The van der Waals surface area contributed by atoms with E-state index in [2.05, 4.69) is 21.0 Å². The van der Waals surface area contributed by atoms with Crippen LogP contribution in [0.4, 0.5) is 5.69 Å². The molecule has 1 aromatic carbocycles.